The van der Waals surface area contributed by atoms with Crippen LogP contribution >= 0.6 is 0 Å². The number of hydrogen-bond acceptors (Lipinski definition) is 4. The number of aryl methyl sites for hydroxylation is 2. The fourth-order valence-electron chi connectivity index (χ4n) is 3.01. The van der Waals surface area contributed by atoms with Crippen LogP contribution in [0.3, 0.4) is 0 Å². The third-order valence-corrected chi connectivity index (χ3v) is 4.48. The molecule has 0 unspecified atom stereocenters. The average molecular weight is 350 g/mol. The molecule has 0 radical (unpaired) electrons. The molecule has 0 aromatic carbocycles. The molecule has 1 aromatic heterocycles. The number of aliphatic imine (C=N–C) groups is 1. The van der Waals surface area contributed by atoms with Crippen LogP contribution < -0.4 is 10.6 Å². The molecular formula is C19H35N5O. The Morgan fingerprint density at radius 2 is 1.96 bits per heavy atom. The van der Waals surface area contributed by atoms with Crippen molar-refractivity contribution in [3.8, 4) is 0 Å². The monoisotopic (exact) mass is 349 g/mol. The van der Waals surface area contributed by atoms with Crippen LogP contribution in [0.25, 0.3) is 0 Å². The molecule has 2 heterocycles. The molecule has 0 saturated carbocycles. The second kappa shape index (κ2) is 8.70. The van der Waals surface area contributed by atoms with Gasteiger partial charge in [0.2, 0.25) is 5.89 Å². The summed E-state index contributed by atoms with van der Waals surface area (Å²) in [5.74, 6) is 3.35. The molecule has 0 bridgehead atoms. The molecule has 6 nitrogen and oxygen atoms in total. The van der Waals surface area contributed by atoms with Crippen molar-refractivity contribution in [3.05, 3.63) is 17.3 Å². The third-order valence-electron chi connectivity index (χ3n) is 4.48. The standard InChI is InChI=1S/C19H35N5O/c1-7-20-18(23-19(4,5)6)21-12-16-8-10-24(11-9-16)13-17-22-14(2)15(3)25-17/h16H,7-13H2,1-6H3,(H2,20,21,23). The highest BCUT2D eigenvalue weighted by molar-refractivity contribution is 5.80. The van der Waals surface area contributed by atoms with E-state index in [2.05, 4.69) is 48.2 Å². The number of likely N-dealkylation sites (tertiary alicyclic amines) is 1. The number of aromatic nitrogens is 1. The minimum atomic E-state index is 0.0245. The lowest BCUT2D eigenvalue weighted by atomic mass is 9.97. The van der Waals surface area contributed by atoms with Crippen LogP contribution in [0.15, 0.2) is 9.41 Å². The first-order valence-electron chi connectivity index (χ1n) is 9.48. The maximum atomic E-state index is 5.70. The summed E-state index contributed by atoms with van der Waals surface area (Å²) in [6, 6.07) is 0. The average Bonchev–Trinajstić information content (AvgIpc) is 2.83. The molecule has 142 valence electrons. The molecule has 6 heteroatoms. The summed E-state index contributed by atoms with van der Waals surface area (Å²) >= 11 is 0. The van der Waals surface area contributed by atoms with Gasteiger partial charge in [-0.2, -0.15) is 0 Å². The van der Waals surface area contributed by atoms with E-state index in [9.17, 15) is 0 Å². The lowest BCUT2D eigenvalue weighted by molar-refractivity contribution is 0.166. The van der Waals surface area contributed by atoms with Crippen molar-refractivity contribution >= 4 is 5.96 Å². The van der Waals surface area contributed by atoms with Crippen LogP contribution in [-0.2, 0) is 6.54 Å². The number of nitrogens with one attached hydrogen (secondary N) is 2. The summed E-state index contributed by atoms with van der Waals surface area (Å²) < 4.78 is 5.70. The van der Waals surface area contributed by atoms with Gasteiger partial charge in [-0.25, -0.2) is 4.98 Å². The first kappa shape index (κ1) is 19.8. The van der Waals surface area contributed by atoms with Crippen molar-refractivity contribution < 1.29 is 4.42 Å². The second-order valence-electron chi connectivity index (χ2n) is 8.06. The summed E-state index contributed by atoms with van der Waals surface area (Å²) in [6.07, 6.45) is 2.36. The van der Waals surface area contributed by atoms with Gasteiger partial charge in [0.1, 0.15) is 5.76 Å². The summed E-state index contributed by atoms with van der Waals surface area (Å²) in [5, 5.41) is 6.79. The van der Waals surface area contributed by atoms with Gasteiger partial charge in [0, 0.05) is 18.6 Å². The number of hydrogen-bond donors (Lipinski definition) is 2. The molecule has 0 amide bonds. The summed E-state index contributed by atoms with van der Waals surface area (Å²) in [4.78, 5) is 11.7. The molecule has 2 N–H and O–H groups in total. The zero-order valence-electron chi connectivity index (χ0n) is 16.8. The molecule has 0 atom stereocenters. The van der Waals surface area contributed by atoms with Gasteiger partial charge in [-0.05, 0) is 73.4 Å². The van der Waals surface area contributed by atoms with Crippen LogP contribution in [0.5, 0.6) is 0 Å². The molecule has 25 heavy (non-hydrogen) atoms. The maximum Gasteiger partial charge on any atom is 0.208 e. The van der Waals surface area contributed by atoms with E-state index in [4.69, 9.17) is 9.41 Å². The SMILES string of the molecule is CCNC(=NCC1CCN(Cc2nc(C)c(C)o2)CC1)NC(C)(C)C. The Bertz CT molecular complexity index is 545. The van der Waals surface area contributed by atoms with E-state index in [1.54, 1.807) is 0 Å². The maximum absolute atomic E-state index is 5.70. The molecule has 1 fully saturated rings. The van der Waals surface area contributed by atoms with Gasteiger partial charge in [0.05, 0.1) is 12.2 Å². The lowest BCUT2D eigenvalue weighted by Gasteiger charge is -2.30. The summed E-state index contributed by atoms with van der Waals surface area (Å²) in [7, 11) is 0. The first-order chi connectivity index (χ1) is 11.8. The fourth-order valence-corrected chi connectivity index (χ4v) is 3.01. The Labute approximate surface area is 152 Å². The van der Waals surface area contributed by atoms with Crippen molar-refractivity contribution in [1.82, 2.24) is 20.5 Å². The van der Waals surface area contributed by atoms with E-state index in [0.717, 1.165) is 56.0 Å². The van der Waals surface area contributed by atoms with Gasteiger partial charge in [-0.15, -0.1) is 0 Å². The van der Waals surface area contributed by atoms with E-state index < -0.39 is 0 Å². The molecule has 2 rings (SSSR count). The van der Waals surface area contributed by atoms with Crippen LogP contribution in [0, 0.1) is 19.8 Å². The van der Waals surface area contributed by atoms with Crippen LogP contribution in [0.1, 0.15) is 57.9 Å². The van der Waals surface area contributed by atoms with Crippen LogP contribution in [0.2, 0.25) is 0 Å². The molecule has 0 aliphatic carbocycles. The minimum Gasteiger partial charge on any atom is -0.444 e. The first-order valence-corrected chi connectivity index (χ1v) is 9.48. The highest BCUT2D eigenvalue weighted by Crippen LogP contribution is 2.20. The summed E-state index contributed by atoms with van der Waals surface area (Å²) in [5.41, 5.74) is 1.03. The normalized spacial score (nSPS) is 17.8. The van der Waals surface area contributed by atoms with E-state index in [0.29, 0.717) is 5.92 Å². The molecule has 0 spiro atoms. The Morgan fingerprint density at radius 1 is 1.28 bits per heavy atom. The van der Waals surface area contributed by atoms with Gasteiger partial charge < -0.3 is 15.1 Å². The number of piperidine rings is 1. The van der Waals surface area contributed by atoms with Crippen molar-refractivity contribution in [3.63, 3.8) is 0 Å². The van der Waals surface area contributed by atoms with Crippen LogP contribution in [0.4, 0.5) is 0 Å². The summed E-state index contributed by atoms with van der Waals surface area (Å²) in [6.45, 7) is 17.3. The number of nitrogens with zero attached hydrogens (tertiary/aromatic N) is 3. The van der Waals surface area contributed by atoms with E-state index >= 15 is 0 Å². The topological polar surface area (TPSA) is 65.7 Å². The lowest BCUT2D eigenvalue weighted by Crippen LogP contribution is -2.47. The number of rotatable bonds is 5. The fraction of sp³-hybridized carbons (Fsp3) is 0.789. The van der Waals surface area contributed by atoms with Gasteiger partial charge in [-0.3, -0.25) is 9.89 Å². The van der Waals surface area contributed by atoms with Gasteiger partial charge in [0.15, 0.2) is 5.96 Å². The van der Waals surface area contributed by atoms with Crippen molar-refractivity contribution in [2.75, 3.05) is 26.2 Å². The Kier molecular flexibility index (Phi) is 6.87. The zero-order chi connectivity index (χ0) is 18.4. The predicted octanol–water partition coefficient (Wildman–Crippen LogP) is 2.86. The van der Waals surface area contributed by atoms with Crippen LogP contribution in [-0.4, -0.2) is 47.6 Å². The van der Waals surface area contributed by atoms with E-state index in [-0.39, 0.29) is 5.54 Å². The third kappa shape index (κ3) is 6.69. The molecular weight excluding hydrogens is 314 g/mol. The Morgan fingerprint density at radius 3 is 2.48 bits per heavy atom. The largest absolute Gasteiger partial charge is 0.444 e. The zero-order valence-corrected chi connectivity index (χ0v) is 16.8. The minimum absolute atomic E-state index is 0.0245. The Hall–Kier alpha value is -1.56. The number of oxazole rings is 1. The second-order valence-corrected chi connectivity index (χ2v) is 8.06. The van der Waals surface area contributed by atoms with Crippen molar-refractivity contribution in [2.45, 2.75) is 66.5 Å². The van der Waals surface area contributed by atoms with Gasteiger partial charge in [0.25, 0.3) is 0 Å². The quantitative estimate of drug-likeness (QED) is 0.632. The highest BCUT2D eigenvalue weighted by Gasteiger charge is 2.21. The van der Waals surface area contributed by atoms with E-state index in [1.165, 1.54) is 12.8 Å². The predicted molar refractivity (Wildman–Crippen MR) is 103 cm³/mol. The molecule has 1 aliphatic heterocycles. The molecule has 1 saturated heterocycles. The Balaban J connectivity index is 1.79. The van der Waals surface area contributed by atoms with Crippen molar-refractivity contribution in [1.29, 1.82) is 0 Å². The van der Waals surface area contributed by atoms with Gasteiger partial charge in [-0.1, -0.05) is 0 Å². The molecule has 1 aromatic rings. The smallest absolute Gasteiger partial charge is 0.208 e. The van der Waals surface area contributed by atoms with E-state index in [1.807, 2.05) is 13.8 Å². The highest BCUT2D eigenvalue weighted by atomic mass is 16.4. The van der Waals surface area contributed by atoms with Gasteiger partial charge >= 0.3 is 0 Å². The number of guanidine groups is 1. The molecule has 1 aliphatic rings. The van der Waals surface area contributed by atoms with Crippen molar-refractivity contribution in [2.24, 2.45) is 10.9 Å².